The van der Waals surface area contributed by atoms with Crippen LogP contribution in [0.5, 0.6) is 0 Å². The van der Waals surface area contributed by atoms with Crippen molar-refractivity contribution in [1.29, 1.82) is 0 Å². The number of nitrogens with zero attached hydrogens (tertiary/aromatic N) is 4. The van der Waals surface area contributed by atoms with Gasteiger partial charge in [-0.1, -0.05) is 44.6 Å². The third kappa shape index (κ3) is 10.9. The summed E-state index contributed by atoms with van der Waals surface area (Å²) in [5.41, 5.74) is 0. The van der Waals surface area contributed by atoms with Gasteiger partial charge in [-0.05, 0) is 34.0 Å². The number of likely N-dealkylation sites (N-methyl/N-ethyl adjacent to an activating group) is 2. The van der Waals surface area contributed by atoms with Gasteiger partial charge >= 0.3 is 0 Å². The van der Waals surface area contributed by atoms with Crippen LogP contribution >= 0.6 is 0 Å². The molecule has 4 radical (unpaired) electrons. The standard InChI is InChI=1S/C22H46N4OSi2/c1-21(2)27-29-20-10-8-6-5-7-9-19-28-22(25-15-11-23(3)12-16-25)26-17-13-24(4)14-18-26/h21-22H,5-20H2,1-4H3. The highest BCUT2D eigenvalue weighted by Gasteiger charge is 2.29. The molecule has 29 heavy (non-hydrogen) atoms. The fraction of sp³-hybridized carbons (Fsp3) is 1.00. The zero-order valence-electron chi connectivity index (χ0n) is 19.7. The van der Waals surface area contributed by atoms with Crippen LogP contribution in [-0.2, 0) is 4.43 Å². The minimum atomic E-state index is 0.398. The lowest BCUT2D eigenvalue weighted by Crippen LogP contribution is -2.61. The lowest BCUT2D eigenvalue weighted by molar-refractivity contribution is 0.0311. The molecular formula is C22H46N4OSi2. The van der Waals surface area contributed by atoms with Crippen molar-refractivity contribution in [2.45, 2.75) is 76.4 Å². The van der Waals surface area contributed by atoms with Gasteiger partial charge < -0.3 is 14.2 Å². The molecule has 2 saturated heterocycles. The molecular weight excluding hydrogens is 392 g/mol. The maximum atomic E-state index is 5.65. The predicted octanol–water partition coefficient (Wildman–Crippen LogP) is 2.69. The lowest BCUT2D eigenvalue weighted by Gasteiger charge is -2.45. The molecule has 7 heteroatoms. The second-order valence-corrected chi connectivity index (χ2v) is 11.6. The molecule has 0 N–H and O–H groups in total. The summed E-state index contributed by atoms with van der Waals surface area (Å²) in [4.78, 5) is 10.6. The minimum absolute atomic E-state index is 0.398. The highest BCUT2D eigenvalue weighted by Crippen LogP contribution is 2.15. The van der Waals surface area contributed by atoms with Gasteiger partial charge in [0.25, 0.3) is 0 Å². The number of piperazine rings is 2. The fourth-order valence-corrected chi connectivity index (χ4v) is 6.70. The van der Waals surface area contributed by atoms with E-state index in [4.69, 9.17) is 4.43 Å². The van der Waals surface area contributed by atoms with Gasteiger partial charge in [0.05, 0.1) is 9.52 Å². The molecule has 0 atom stereocenters. The highest BCUT2D eigenvalue weighted by atomic mass is 28.2. The zero-order chi connectivity index (χ0) is 20.9. The van der Waals surface area contributed by atoms with Gasteiger partial charge in [-0.15, -0.1) is 0 Å². The van der Waals surface area contributed by atoms with E-state index in [1.165, 1.54) is 103 Å². The molecule has 0 aromatic heterocycles. The monoisotopic (exact) mass is 438 g/mol. The third-order valence-corrected chi connectivity index (χ3v) is 9.05. The van der Waals surface area contributed by atoms with Crippen molar-refractivity contribution in [3.63, 3.8) is 0 Å². The van der Waals surface area contributed by atoms with Crippen LogP contribution in [0.2, 0.25) is 12.1 Å². The first kappa shape index (κ1) is 25.5. The van der Waals surface area contributed by atoms with Gasteiger partial charge in [-0.25, -0.2) is 0 Å². The molecule has 0 aromatic carbocycles. The summed E-state index contributed by atoms with van der Waals surface area (Å²) in [7, 11) is 6.32. The van der Waals surface area contributed by atoms with E-state index in [1.54, 1.807) is 0 Å². The number of unbranched alkanes of at least 4 members (excludes halogenated alkanes) is 5. The predicted molar refractivity (Wildman–Crippen MR) is 127 cm³/mol. The average Bonchev–Trinajstić information content (AvgIpc) is 2.70. The van der Waals surface area contributed by atoms with Crippen molar-refractivity contribution >= 4 is 19.3 Å². The molecule has 2 aliphatic heterocycles. The van der Waals surface area contributed by atoms with Gasteiger partial charge in [-0.2, -0.15) is 0 Å². The third-order valence-electron chi connectivity index (χ3n) is 6.12. The Morgan fingerprint density at radius 1 is 0.655 bits per heavy atom. The molecule has 2 aliphatic rings. The topological polar surface area (TPSA) is 22.2 Å². The van der Waals surface area contributed by atoms with Gasteiger partial charge in [0.15, 0.2) is 0 Å². The van der Waals surface area contributed by atoms with Crippen molar-refractivity contribution < 1.29 is 4.43 Å². The Morgan fingerprint density at radius 3 is 1.59 bits per heavy atom. The van der Waals surface area contributed by atoms with Gasteiger partial charge in [0.2, 0.25) is 9.76 Å². The molecule has 0 saturated carbocycles. The zero-order valence-corrected chi connectivity index (χ0v) is 21.7. The summed E-state index contributed by atoms with van der Waals surface area (Å²) in [5.74, 6) is 0.708. The van der Waals surface area contributed by atoms with E-state index in [0.717, 1.165) is 9.52 Å². The van der Waals surface area contributed by atoms with E-state index < -0.39 is 0 Å². The SMILES string of the molecule is CC(C)O[Si]CCCCCCCC[Si]C(N1CCN(C)CC1)N1CCN(C)CC1. The van der Waals surface area contributed by atoms with Gasteiger partial charge in [0, 0.05) is 64.3 Å². The Kier molecular flexibility index (Phi) is 13.3. The van der Waals surface area contributed by atoms with Crippen LogP contribution < -0.4 is 0 Å². The number of rotatable bonds is 14. The lowest BCUT2D eigenvalue weighted by atomic mass is 10.1. The van der Waals surface area contributed by atoms with Crippen molar-refractivity contribution in [1.82, 2.24) is 19.6 Å². The first-order valence-corrected chi connectivity index (χ1v) is 14.4. The number of hydrogen-bond donors (Lipinski definition) is 0. The summed E-state index contributed by atoms with van der Waals surface area (Å²) in [6, 6.07) is 2.68. The Bertz CT molecular complexity index is 378. The Morgan fingerprint density at radius 2 is 1.10 bits per heavy atom. The van der Waals surface area contributed by atoms with Crippen molar-refractivity contribution in [2.75, 3.05) is 66.5 Å². The maximum absolute atomic E-state index is 5.65. The molecule has 0 amide bonds. The van der Waals surface area contributed by atoms with E-state index in [-0.39, 0.29) is 0 Å². The van der Waals surface area contributed by atoms with Gasteiger partial charge in [0.1, 0.15) is 0 Å². The summed E-state index contributed by atoms with van der Waals surface area (Å²) in [6.45, 7) is 14.2. The van der Waals surface area contributed by atoms with Crippen LogP contribution in [0, 0.1) is 0 Å². The second kappa shape index (κ2) is 15.1. The Labute approximate surface area is 186 Å². The Balaban J connectivity index is 1.57. The Hall–Kier alpha value is 0.234. The van der Waals surface area contributed by atoms with E-state index in [0.29, 0.717) is 21.7 Å². The quantitative estimate of drug-likeness (QED) is 0.306. The van der Waals surface area contributed by atoms with E-state index in [9.17, 15) is 0 Å². The van der Waals surface area contributed by atoms with Crippen molar-refractivity contribution in [3.8, 4) is 0 Å². The molecule has 2 fully saturated rings. The van der Waals surface area contributed by atoms with E-state index >= 15 is 0 Å². The molecule has 2 rings (SSSR count). The molecule has 2 heterocycles. The summed E-state index contributed by atoms with van der Waals surface area (Å²) in [5, 5.41) is 0. The first-order valence-electron chi connectivity index (χ1n) is 12.0. The van der Waals surface area contributed by atoms with Crippen LogP contribution in [0.25, 0.3) is 0 Å². The van der Waals surface area contributed by atoms with E-state index in [1.807, 2.05) is 0 Å². The van der Waals surface area contributed by atoms with Crippen LogP contribution in [0.15, 0.2) is 0 Å². The summed E-state index contributed by atoms with van der Waals surface area (Å²) in [6.07, 6.45) is 8.82. The maximum Gasteiger partial charge on any atom is 0.230 e. The molecule has 0 aliphatic carbocycles. The fourth-order valence-electron chi connectivity index (χ4n) is 4.11. The highest BCUT2D eigenvalue weighted by molar-refractivity contribution is 6.37. The number of hydrogen-bond acceptors (Lipinski definition) is 5. The van der Waals surface area contributed by atoms with Crippen molar-refractivity contribution in [2.24, 2.45) is 0 Å². The molecule has 168 valence electrons. The van der Waals surface area contributed by atoms with Crippen molar-refractivity contribution in [3.05, 3.63) is 0 Å². The van der Waals surface area contributed by atoms with Crippen LogP contribution in [-0.4, -0.2) is 117 Å². The summed E-state index contributed by atoms with van der Waals surface area (Å²) < 4.78 is 5.65. The van der Waals surface area contributed by atoms with Crippen LogP contribution in [0.1, 0.15) is 52.4 Å². The second-order valence-electron chi connectivity index (χ2n) is 9.19. The van der Waals surface area contributed by atoms with E-state index in [2.05, 4.69) is 47.5 Å². The van der Waals surface area contributed by atoms with Crippen LogP contribution in [0.3, 0.4) is 0 Å². The molecule has 0 unspecified atom stereocenters. The first-order chi connectivity index (χ1) is 14.1. The average molecular weight is 439 g/mol. The molecule has 5 nitrogen and oxygen atoms in total. The normalized spacial score (nSPS) is 20.9. The minimum Gasteiger partial charge on any atom is -0.415 e. The van der Waals surface area contributed by atoms with Crippen LogP contribution in [0.4, 0.5) is 0 Å². The molecule has 0 spiro atoms. The summed E-state index contributed by atoms with van der Waals surface area (Å²) >= 11 is 0. The molecule has 0 aromatic rings. The smallest absolute Gasteiger partial charge is 0.230 e. The van der Waals surface area contributed by atoms with Gasteiger partial charge in [-0.3, -0.25) is 9.80 Å². The molecule has 0 bridgehead atoms. The largest absolute Gasteiger partial charge is 0.415 e.